The Morgan fingerprint density at radius 1 is 1.33 bits per heavy atom. The molecule has 4 heteroatoms. The summed E-state index contributed by atoms with van der Waals surface area (Å²) in [4.78, 5) is 23.2. The van der Waals surface area contributed by atoms with Gasteiger partial charge in [0, 0.05) is 18.3 Å². The highest BCUT2D eigenvalue weighted by Crippen LogP contribution is 2.16. The van der Waals surface area contributed by atoms with Gasteiger partial charge in [0.25, 0.3) is 5.56 Å². The Bertz CT molecular complexity index is 515. The summed E-state index contributed by atoms with van der Waals surface area (Å²) in [7, 11) is 0. The first-order valence-corrected chi connectivity index (χ1v) is 6.20. The molecule has 0 saturated carbocycles. The third kappa shape index (κ3) is 2.81. The first-order chi connectivity index (χ1) is 8.25. The van der Waals surface area contributed by atoms with E-state index in [-0.39, 0.29) is 11.1 Å². The lowest BCUT2D eigenvalue weighted by molar-refractivity contribution is 0.0694. The lowest BCUT2D eigenvalue weighted by Crippen LogP contribution is -2.29. The zero-order valence-electron chi connectivity index (χ0n) is 11.7. The Hall–Kier alpha value is -1.58. The quantitative estimate of drug-likeness (QED) is 0.894. The van der Waals surface area contributed by atoms with E-state index in [0.29, 0.717) is 29.6 Å². The maximum Gasteiger partial charge on any atom is 0.337 e. The highest BCUT2D eigenvalue weighted by Gasteiger charge is 2.17. The molecule has 1 rings (SSSR count). The van der Waals surface area contributed by atoms with Crippen LogP contribution in [0.5, 0.6) is 0 Å². The molecule has 0 amide bonds. The maximum absolute atomic E-state index is 12.0. The highest BCUT2D eigenvalue weighted by atomic mass is 16.4. The van der Waals surface area contributed by atoms with Gasteiger partial charge in [-0.25, -0.2) is 4.79 Å². The van der Waals surface area contributed by atoms with E-state index < -0.39 is 5.97 Å². The van der Waals surface area contributed by atoms with Crippen LogP contribution < -0.4 is 5.56 Å². The summed E-state index contributed by atoms with van der Waals surface area (Å²) < 4.78 is 1.57. The fourth-order valence-electron chi connectivity index (χ4n) is 1.97. The van der Waals surface area contributed by atoms with Gasteiger partial charge >= 0.3 is 5.97 Å². The summed E-state index contributed by atoms with van der Waals surface area (Å²) in [6, 6.07) is 1.41. The van der Waals surface area contributed by atoms with Crippen LogP contribution in [0, 0.1) is 25.7 Å². The van der Waals surface area contributed by atoms with Crippen molar-refractivity contribution in [3.8, 4) is 0 Å². The summed E-state index contributed by atoms with van der Waals surface area (Å²) in [5, 5.41) is 9.19. The molecule has 0 radical (unpaired) electrons. The molecule has 0 spiro atoms. The molecule has 1 aromatic heterocycles. The number of hydrogen-bond donors (Lipinski definition) is 1. The average Bonchev–Trinajstić information content (AvgIpc) is 2.22. The van der Waals surface area contributed by atoms with Gasteiger partial charge in [-0.3, -0.25) is 4.79 Å². The normalized spacial score (nSPS) is 12.8. The van der Waals surface area contributed by atoms with E-state index in [2.05, 4.69) is 20.8 Å². The predicted molar refractivity (Wildman–Crippen MR) is 71.1 cm³/mol. The number of aryl methyl sites for hydroxylation is 1. The summed E-state index contributed by atoms with van der Waals surface area (Å²) in [6.07, 6.45) is 0. The SMILES string of the molecule is Cc1cc(=O)n(CC(C)C(C)C)c(C)c1C(=O)O. The number of rotatable bonds is 4. The molecule has 1 unspecified atom stereocenters. The molecule has 4 nitrogen and oxygen atoms in total. The van der Waals surface area contributed by atoms with Gasteiger partial charge in [-0.2, -0.15) is 0 Å². The smallest absolute Gasteiger partial charge is 0.337 e. The van der Waals surface area contributed by atoms with Crippen LogP contribution in [0.3, 0.4) is 0 Å². The van der Waals surface area contributed by atoms with Crippen LogP contribution in [-0.2, 0) is 6.54 Å². The molecule has 0 aliphatic heterocycles. The van der Waals surface area contributed by atoms with E-state index in [1.165, 1.54) is 6.07 Å². The maximum atomic E-state index is 12.0. The molecule has 1 aromatic rings. The van der Waals surface area contributed by atoms with Gasteiger partial charge in [0.15, 0.2) is 0 Å². The van der Waals surface area contributed by atoms with Gasteiger partial charge in [0.1, 0.15) is 0 Å². The van der Waals surface area contributed by atoms with Gasteiger partial charge in [-0.1, -0.05) is 20.8 Å². The molecule has 1 heterocycles. The Labute approximate surface area is 107 Å². The van der Waals surface area contributed by atoms with Crippen LogP contribution >= 0.6 is 0 Å². The number of carboxylic acid groups (broad SMARTS) is 1. The number of aromatic carboxylic acids is 1. The molecule has 0 bridgehead atoms. The molecule has 0 aliphatic carbocycles. The fraction of sp³-hybridized carbons (Fsp3) is 0.571. The molecule has 0 aliphatic rings. The number of carbonyl (C=O) groups is 1. The molecule has 1 N–H and O–H groups in total. The van der Waals surface area contributed by atoms with Crippen LogP contribution in [0.15, 0.2) is 10.9 Å². The van der Waals surface area contributed by atoms with Gasteiger partial charge in [0.2, 0.25) is 0 Å². The van der Waals surface area contributed by atoms with Crippen LogP contribution in [0.4, 0.5) is 0 Å². The molecular weight excluding hydrogens is 230 g/mol. The lowest BCUT2D eigenvalue weighted by atomic mass is 9.97. The third-order valence-electron chi connectivity index (χ3n) is 3.59. The number of hydrogen-bond acceptors (Lipinski definition) is 2. The predicted octanol–water partition coefficient (Wildman–Crippen LogP) is 2.46. The molecule has 18 heavy (non-hydrogen) atoms. The van der Waals surface area contributed by atoms with Crippen molar-refractivity contribution >= 4 is 5.97 Å². The summed E-state index contributed by atoms with van der Waals surface area (Å²) in [5.74, 6) is -0.201. The van der Waals surface area contributed by atoms with Crippen LogP contribution in [-0.4, -0.2) is 15.6 Å². The van der Waals surface area contributed by atoms with Crippen molar-refractivity contribution in [2.24, 2.45) is 11.8 Å². The Balaban J connectivity index is 3.32. The van der Waals surface area contributed by atoms with Crippen LogP contribution in [0.25, 0.3) is 0 Å². The Morgan fingerprint density at radius 3 is 2.33 bits per heavy atom. The monoisotopic (exact) mass is 251 g/mol. The van der Waals surface area contributed by atoms with E-state index in [1.54, 1.807) is 18.4 Å². The van der Waals surface area contributed by atoms with Gasteiger partial charge < -0.3 is 9.67 Å². The zero-order chi connectivity index (χ0) is 14.0. The van der Waals surface area contributed by atoms with E-state index >= 15 is 0 Å². The summed E-state index contributed by atoms with van der Waals surface area (Å²) >= 11 is 0. The first-order valence-electron chi connectivity index (χ1n) is 6.20. The standard InChI is InChI=1S/C14H21NO3/c1-8(2)10(4)7-15-11(5)13(14(17)18)9(3)6-12(15)16/h6,8,10H,7H2,1-5H3,(H,17,18). The van der Waals surface area contributed by atoms with E-state index in [1.807, 2.05) is 0 Å². The molecule has 100 valence electrons. The Morgan fingerprint density at radius 2 is 1.89 bits per heavy atom. The van der Waals surface area contributed by atoms with Crippen molar-refractivity contribution < 1.29 is 9.90 Å². The van der Waals surface area contributed by atoms with E-state index in [4.69, 9.17) is 0 Å². The number of carboxylic acids is 1. The van der Waals surface area contributed by atoms with Crippen molar-refractivity contribution in [2.75, 3.05) is 0 Å². The van der Waals surface area contributed by atoms with Crippen molar-refractivity contribution in [1.29, 1.82) is 0 Å². The summed E-state index contributed by atoms with van der Waals surface area (Å²) in [6.45, 7) is 10.2. The van der Waals surface area contributed by atoms with Gasteiger partial charge in [0.05, 0.1) is 5.56 Å². The molecule has 1 atom stereocenters. The van der Waals surface area contributed by atoms with Crippen molar-refractivity contribution in [2.45, 2.75) is 41.2 Å². The van der Waals surface area contributed by atoms with Crippen molar-refractivity contribution in [3.63, 3.8) is 0 Å². The number of nitrogens with zero attached hydrogens (tertiary/aromatic N) is 1. The summed E-state index contributed by atoms with van der Waals surface area (Å²) in [5.41, 5.74) is 1.19. The minimum absolute atomic E-state index is 0.123. The largest absolute Gasteiger partial charge is 0.478 e. The van der Waals surface area contributed by atoms with Gasteiger partial charge in [-0.15, -0.1) is 0 Å². The first kappa shape index (κ1) is 14.5. The lowest BCUT2D eigenvalue weighted by Gasteiger charge is -2.20. The minimum Gasteiger partial charge on any atom is -0.478 e. The Kier molecular flexibility index (Phi) is 4.33. The van der Waals surface area contributed by atoms with Gasteiger partial charge in [-0.05, 0) is 31.2 Å². The van der Waals surface area contributed by atoms with Crippen LogP contribution in [0.2, 0.25) is 0 Å². The fourth-order valence-corrected chi connectivity index (χ4v) is 1.97. The molecular formula is C14H21NO3. The van der Waals surface area contributed by atoms with E-state index in [0.717, 1.165) is 0 Å². The second kappa shape index (κ2) is 5.38. The molecule has 0 saturated heterocycles. The number of aromatic nitrogens is 1. The minimum atomic E-state index is -0.976. The van der Waals surface area contributed by atoms with E-state index in [9.17, 15) is 14.7 Å². The second-order valence-electron chi connectivity index (χ2n) is 5.26. The van der Waals surface area contributed by atoms with Crippen molar-refractivity contribution in [3.05, 3.63) is 33.2 Å². The van der Waals surface area contributed by atoms with Crippen LogP contribution in [0.1, 0.15) is 42.4 Å². The average molecular weight is 251 g/mol. The topological polar surface area (TPSA) is 59.3 Å². The second-order valence-corrected chi connectivity index (χ2v) is 5.26. The number of pyridine rings is 1. The molecule has 0 fully saturated rings. The third-order valence-corrected chi connectivity index (χ3v) is 3.59. The molecule has 0 aromatic carbocycles. The highest BCUT2D eigenvalue weighted by molar-refractivity contribution is 5.90. The zero-order valence-corrected chi connectivity index (χ0v) is 11.7. The van der Waals surface area contributed by atoms with Crippen molar-refractivity contribution in [1.82, 2.24) is 4.57 Å².